The van der Waals surface area contributed by atoms with Gasteiger partial charge in [0, 0.05) is 16.9 Å². The molecule has 3 aromatic carbocycles. The Morgan fingerprint density at radius 3 is 2.25 bits per heavy atom. The van der Waals surface area contributed by atoms with Crippen LogP contribution in [0, 0.1) is 0 Å². The third-order valence-electron chi connectivity index (χ3n) is 3.71. The van der Waals surface area contributed by atoms with Crippen LogP contribution in [0.1, 0.15) is 10.4 Å². The van der Waals surface area contributed by atoms with Crippen molar-refractivity contribution in [2.75, 3.05) is 11.9 Å². The minimum absolute atomic E-state index is 0.0347. The maximum absolute atomic E-state index is 11.9. The Morgan fingerprint density at radius 2 is 1.54 bits per heavy atom. The predicted octanol–water partition coefficient (Wildman–Crippen LogP) is 2.98. The normalized spacial score (nSPS) is 10.0. The summed E-state index contributed by atoms with van der Waals surface area (Å²) in [7, 11) is 0. The molecule has 0 saturated heterocycles. The number of para-hydroxylation sites is 1. The van der Waals surface area contributed by atoms with Crippen LogP contribution >= 0.6 is 0 Å². The number of carbonyl (C=O) groups is 2. The number of amides is 2. The molecule has 7 nitrogen and oxygen atoms in total. The minimum Gasteiger partial charge on any atom is -0.508 e. The fourth-order valence-corrected chi connectivity index (χ4v) is 2.35. The van der Waals surface area contributed by atoms with Crippen molar-refractivity contribution in [3.05, 3.63) is 84.4 Å². The number of hydrazine groups is 1. The molecule has 3 rings (SSSR count). The van der Waals surface area contributed by atoms with Gasteiger partial charge in [0.15, 0.2) is 6.61 Å². The van der Waals surface area contributed by atoms with Crippen molar-refractivity contribution in [3.8, 4) is 11.5 Å². The minimum atomic E-state index is -0.541. The van der Waals surface area contributed by atoms with Crippen molar-refractivity contribution in [2.45, 2.75) is 0 Å². The lowest BCUT2D eigenvalue weighted by Gasteiger charge is -2.10. The van der Waals surface area contributed by atoms with Crippen molar-refractivity contribution in [3.63, 3.8) is 0 Å². The zero-order chi connectivity index (χ0) is 19.8. The summed E-state index contributed by atoms with van der Waals surface area (Å²) >= 11 is 0. The smallest absolute Gasteiger partial charge is 0.276 e. The SMILES string of the molecule is O=C(COc1ccc(Nc2ccccc2)cc1)NNC(=O)c1cccc(O)c1. The molecule has 142 valence electrons. The van der Waals surface area contributed by atoms with E-state index < -0.39 is 11.8 Å². The van der Waals surface area contributed by atoms with E-state index in [4.69, 9.17) is 4.74 Å². The second-order valence-electron chi connectivity index (χ2n) is 5.86. The van der Waals surface area contributed by atoms with Gasteiger partial charge < -0.3 is 15.2 Å². The number of carbonyl (C=O) groups excluding carboxylic acids is 2. The topological polar surface area (TPSA) is 99.7 Å². The first-order chi connectivity index (χ1) is 13.6. The van der Waals surface area contributed by atoms with Gasteiger partial charge in [0.05, 0.1) is 0 Å². The van der Waals surface area contributed by atoms with Gasteiger partial charge in [-0.25, -0.2) is 0 Å². The van der Waals surface area contributed by atoms with Crippen molar-refractivity contribution < 1.29 is 19.4 Å². The zero-order valence-electron chi connectivity index (χ0n) is 14.9. The van der Waals surface area contributed by atoms with Gasteiger partial charge in [-0.3, -0.25) is 20.4 Å². The molecule has 0 aromatic heterocycles. The van der Waals surface area contributed by atoms with Crippen LogP contribution in [0.15, 0.2) is 78.9 Å². The molecule has 0 fully saturated rings. The van der Waals surface area contributed by atoms with Crippen LogP contribution in [0.3, 0.4) is 0 Å². The first-order valence-electron chi connectivity index (χ1n) is 8.53. The Kier molecular flexibility index (Phi) is 6.10. The van der Waals surface area contributed by atoms with Crippen LogP contribution in [0.5, 0.6) is 11.5 Å². The van der Waals surface area contributed by atoms with Crippen molar-refractivity contribution >= 4 is 23.2 Å². The van der Waals surface area contributed by atoms with Crippen LogP contribution < -0.4 is 20.9 Å². The quantitative estimate of drug-likeness (QED) is 0.495. The van der Waals surface area contributed by atoms with E-state index in [-0.39, 0.29) is 17.9 Å². The second-order valence-corrected chi connectivity index (χ2v) is 5.86. The highest BCUT2D eigenvalue weighted by Gasteiger charge is 2.08. The van der Waals surface area contributed by atoms with E-state index in [9.17, 15) is 14.7 Å². The fourth-order valence-electron chi connectivity index (χ4n) is 2.35. The molecule has 0 aliphatic heterocycles. The maximum Gasteiger partial charge on any atom is 0.276 e. The summed E-state index contributed by atoms with van der Waals surface area (Å²) in [4.78, 5) is 23.7. The molecule has 0 saturated carbocycles. The molecule has 3 aromatic rings. The lowest BCUT2D eigenvalue weighted by Crippen LogP contribution is -2.43. The van der Waals surface area contributed by atoms with Crippen LogP contribution in [0.25, 0.3) is 0 Å². The van der Waals surface area contributed by atoms with Gasteiger partial charge in [0.1, 0.15) is 11.5 Å². The standard InChI is InChI=1S/C21H19N3O4/c25-18-8-4-5-15(13-18)21(27)24-23-20(26)14-28-19-11-9-17(10-12-19)22-16-6-2-1-3-7-16/h1-13,22,25H,14H2,(H,23,26)(H,24,27). The molecule has 0 spiro atoms. The third-order valence-corrected chi connectivity index (χ3v) is 3.71. The Morgan fingerprint density at radius 1 is 0.821 bits per heavy atom. The van der Waals surface area contributed by atoms with E-state index in [1.54, 1.807) is 12.1 Å². The molecule has 0 atom stereocenters. The second kappa shape index (κ2) is 9.09. The molecule has 0 aliphatic rings. The van der Waals surface area contributed by atoms with Crippen molar-refractivity contribution in [2.24, 2.45) is 0 Å². The fraction of sp³-hybridized carbons (Fsp3) is 0.0476. The van der Waals surface area contributed by atoms with Crippen LogP contribution in [0.2, 0.25) is 0 Å². The summed E-state index contributed by atoms with van der Waals surface area (Å²) in [5, 5.41) is 12.6. The molecular weight excluding hydrogens is 358 g/mol. The Labute approximate surface area is 161 Å². The van der Waals surface area contributed by atoms with Crippen LogP contribution in [-0.2, 0) is 4.79 Å². The number of hydrogen-bond donors (Lipinski definition) is 4. The first-order valence-corrected chi connectivity index (χ1v) is 8.53. The molecule has 0 radical (unpaired) electrons. The highest BCUT2D eigenvalue weighted by atomic mass is 16.5. The zero-order valence-corrected chi connectivity index (χ0v) is 14.9. The molecule has 0 heterocycles. The number of ether oxygens (including phenoxy) is 1. The van der Waals surface area contributed by atoms with Gasteiger partial charge in [0.2, 0.25) is 0 Å². The number of rotatable bonds is 6. The molecule has 4 N–H and O–H groups in total. The van der Waals surface area contributed by atoms with Gasteiger partial charge in [-0.1, -0.05) is 24.3 Å². The number of anilines is 2. The van der Waals surface area contributed by atoms with Crippen LogP contribution in [0.4, 0.5) is 11.4 Å². The number of phenolic OH excluding ortho intramolecular Hbond substituents is 1. The molecule has 28 heavy (non-hydrogen) atoms. The number of nitrogens with one attached hydrogen (secondary N) is 3. The maximum atomic E-state index is 11.9. The largest absolute Gasteiger partial charge is 0.508 e. The van der Waals surface area contributed by atoms with Gasteiger partial charge >= 0.3 is 0 Å². The average molecular weight is 377 g/mol. The van der Waals surface area contributed by atoms with Crippen molar-refractivity contribution in [1.29, 1.82) is 0 Å². The van der Waals surface area contributed by atoms with E-state index in [2.05, 4.69) is 16.2 Å². The molecule has 0 aliphatic carbocycles. The summed E-state index contributed by atoms with van der Waals surface area (Å²) in [5.41, 5.74) is 6.60. The van der Waals surface area contributed by atoms with Gasteiger partial charge in [0.25, 0.3) is 11.8 Å². The van der Waals surface area contributed by atoms with E-state index in [0.29, 0.717) is 5.75 Å². The van der Waals surface area contributed by atoms with Crippen molar-refractivity contribution in [1.82, 2.24) is 10.9 Å². The number of phenols is 1. The highest BCUT2D eigenvalue weighted by molar-refractivity contribution is 5.95. The summed E-state index contributed by atoms with van der Waals surface area (Å²) in [6.45, 7) is -0.258. The molecule has 0 unspecified atom stereocenters. The number of aromatic hydroxyl groups is 1. The summed E-state index contributed by atoms with van der Waals surface area (Å²) in [6.07, 6.45) is 0. The Hall–Kier alpha value is -4.00. The predicted molar refractivity (Wildman–Crippen MR) is 105 cm³/mol. The van der Waals surface area contributed by atoms with E-state index in [0.717, 1.165) is 11.4 Å². The number of hydrogen-bond acceptors (Lipinski definition) is 5. The molecule has 2 amide bonds. The summed E-state index contributed by atoms with van der Waals surface area (Å²) in [6, 6.07) is 22.7. The molecular formula is C21H19N3O4. The average Bonchev–Trinajstić information content (AvgIpc) is 2.72. The number of benzene rings is 3. The highest BCUT2D eigenvalue weighted by Crippen LogP contribution is 2.19. The third kappa shape index (κ3) is 5.50. The summed E-state index contributed by atoms with van der Waals surface area (Å²) < 4.78 is 5.40. The molecule has 0 bridgehead atoms. The molecule has 7 heteroatoms. The first kappa shape index (κ1) is 18.8. The van der Waals surface area contributed by atoms with Gasteiger partial charge in [-0.2, -0.15) is 0 Å². The lowest BCUT2D eigenvalue weighted by atomic mass is 10.2. The Bertz CT molecular complexity index is 943. The lowest BCUT2D eigenvalue weighted by molar-refractivity contribution is -0.123. The van der Waals surface area contributed by atoms with E-state index in [1.165, 1.54) is 24.3 Å². The van der Waals surface area contributed by atoms with E-state index in [1.807, 2.05) is 42.5 Å². The summed E-state index contributed by atoms with van der Waals surface area (Å²) in [5.74, 6) is -0.568. The monoisotopic (exact) mass is 377 g/mol. The van der Waals surface area contributed by atoms with Crippen LogP contribution in [-0.4, -0.2) is 23.5 Å². The van der Waals surface area contributed by atoms with Gasteiger partial charge in [-0.05, 0) is 54.6 Å². The van der Waals surface area contributed by atoms with E-state index >= 15 is 0 Å². The van der Waals surface area contributed by atoms with Gasteiger partial charge in [-0.15, -0.1) is 0 Å². The Balaban J connectivity index is 1.43.